The van der Waals surface area contributed by atoms with Crippen molar-refractivity contribution < 1.29 is 18.3 Å². The van der Waals surface area contributed by atoms with Crippen molar-refractivity contribution in [2.45, 2.75) is 32.6 Å². The third kappa shape index (κ3) is 4.30. The van der Waals surface area contributed by atoms with Crippen molar-refractivity contribution >= 4 is 11.6 Å². The van der Waals surface area contributed by atoms with Crippen molar-refractivity contribution in [2.75, 3.05) is 13.2 Å². The molecule has 1 aromatic carbocycles. The standard InChI is InChI=1S/C14H18ClF2NO2/c1-9-10(4-5-19-9)7-18-8-11-6-12(15)2-3-13(11)20-14(16)17/h2-3,6,9-10,14,18H,4-5,7-8H2,1H3. The fourth-order valence-corrected chi connectivity index (χ4v) is 2.53. The quantitative estimate of drug-likeness (QED) is 0.873. The summed E-state index contributed by atoms with van der Waals surface area (Å²) < 4.78 is 34.6. The molecule has 3 nitrogen and oxygen atoms in total. The van der Waals surface area contributed by atoms with Gasteiger partial charge in [-0.3, -0.25) is 0 Å². The number of halogens is 3. The van der Waals surface area contributed by atoms with E-state index in [1.165, 1.54) is 12.1 Å². The smallest absolute Gasteiger partial charge is 0.387 e. The molecule has 2 atom stereocenters. The van der Waals surface area contributed by atoms with Gasteiger partial charge in [-0.25, -0.2) is 0 Å². The van der Waals surface area contributed by atoms with Gasteiger partial charge >= 0.3 is 6.61 Å². The summed E-state index contributed by atoms with van der Waals surface area (Å²) in [5.74, 6) is 0.612. The van der Waals surface area contributed by atoms with E-state index in [9.17, 15) is 8.78 Å². The van der Waals surface area contributed by atoms with E-state index in [0.717, 1.165) is 19.6 Å². The molecule has 0 saturated carbocycles. The summed E-state index contributed by atoms with van der Waals surface area (Å²) >= 11 is 5.89. The van der Waals surface area contributed by atoms with Crippen LogP contribution in [0.15, 0.2) is 18.2 Å². The minimum atomic E-state index is -2.84. The maximum atomic E-state index is 12.3. The summed E-state index contributed by atoms with van der Waals surface area (Å²) in [6.07, 6.45) is 1.25. The Morgan fingerprint density at radius 2 is 2.30 bits per heavy atom. The fourth-order valence-electron chi connectivity index (χ4n) is 2.33. The maximum absolute atomic E-state index is 12.3. The predicted octanol–water partition coefficient (Wildman–Crippen LogP) is 3.46. The van der Waals surface area contributed by atoms with Crippen molar-refractivity contribution in [3.63, 3.8) is 0 Å². The molecular formula is C14H18ClF2NO2. The second-order valence-electron chi connectivity index (χ2n) is 4.89. The minimum absolute atomic E-state index is 0.160. The minimum Gasteiger partial charge on any atom is -0.434 e. The van der Waals surface area contributed by atoms with Crippen LogP contribution in [-0.2, 0) is 11.3 Å². The summed E-state index contributed by atoms with van der Waals surface area (Å²) in [7, 11) is 0. The van der Waals surface area contributed by atoms with E-state index in [0.29, 0.717) is 23.0 Å². The van der Waals surface area contributed by atoms with Crippen molar-refractivity contribution in [3.05, 3.63) is 28.8 Å². The van der Waals surface area contributed by atoms with Crippen LogP contribution in [0.5, 0.6) is 5.75 Å². The first kappa shape index (κ1) is 15.5. The Labute approximate surface area is 122 Å². The lowest BCUT2D eigenvalue weighted by molar-refractivity contribution is -0.0505. The van der Waals surface area contributed by atoms with Crippen molar-refractivity contribution in [1.29, 1.82) is 0 Å². The van der Waals surface area contributed by atoms with Crippen LogP contribution in [0.4, 0.5) is 8.78 Å². The average molecular weight is 306 g/mol. The number of alkyl halides is 2. The molecule has 0 aromatic heterocycles. The lowest BCUT2D eigenvalue weighted by atomic mass is 10.0. The van der Waals surface area contributed by atoms with Gasteiger partial charge in [-0.15, -0.1) is 0 Å². The van der Waals surface area contributed by atoms with Crippen molar-refractivity contribution in [3.8, 4) is 5.75 Å². The van der Waals surface area contributed by atoms with Gasteiger partial charge < -0.3 is 14.8 Å². The highest BCUT2D eigenvalue weighted by molar-refractivity contribution is 6.30. The summed E-state index contributed by atoms with van der Waals surface area (Å²) in [6.45, 7) is 1.21. The summed E-state index contributed by atoms with van der Waals surface area (Å²) in [5, 5.41) is 3.75. The highest BCUT2D eigenvalue weighted by Crippen LogP contribution is 2.25. The first-order valence-corrected chi connectivity index (χ1v) is 6.99. The zero-order chi connectivity index (χ0) is 14.5. The molecule has 1 aliphatic heterocycles. The van der Waals surface area contributed by atoms with Gasteiger partial charge in [0.1, 0.15) is 5.75 Å². The first-order valence-electron chi connectivity index (χ1n) is 6.62. The van der Waals surface area contributed by atoms with Crippen LogP contribution in [0.25, 0.3) is 0 Å². The molecule has 0 aliphatic carbocycles. The topological polar surface area (TPSA) is 30.5 Å². The molecule has 1 saturated heterocycles. The van der Waals surface area contributed by atoms with Gasteiger partial charge in [0, 0.05) is 30.3 Å². The van der Waals surface area contributed by atoms with E-state index in [-0.39, 0.29) is 11.9 Å². The van der Waals surface area contributed by atoms with Crippen molar-refractivity contribution in [1.82, 2.24) is 5.32 Å². The Hall–Kier alpha value is -0.910. The van der Waals surface area contributed by atoms with Gasteiger partial charge in [0.25, 0.3) is 0 Å². The summed E-state index contributed by atoms with van der Waals surface area (Å²) in [4.78, 5) is 0. The van der Waals surface area contributed by atoms with E-state index in [1.807, 2.05) is 6.92 Å². The number of hydrogen-bond donors (Lipinski definition) is 1. The Kier molecular flexibility index (Phi) is 5.57. The van der Waals surface area contributed by atoms with Crippen LogP contribution >= 0.6 is 11.6 Å². The zero-order valence-electron chi connectivity index (χ0n) is 11.2. The van der Waals surface area contributed by atoms with Gasteiger partial charge in [-0.2, -0.15) is 8.78 Å². The number of ether oxygens (including phenoxy) is 2. The third-order valence-electron chi connectivity index (χ3n) is 3.49. The molecule has 0 spiro atoms. The molecule has 1 aromatic rings. The third-order valence-corrected chi connectivity index (χ3v) is 3.73. The van der Waals surface area contributed by atoms with Gasteiger partial charge in [0.15, 0.2) is 0 Å². The number of rotatable bonds is 6. The molecule has 0 bridgehead atoms. The highest BCUT2D eigenvalue weighted by Gasteiger charge is 2.23. The number of nitrogens with one attached hydrogen (secondary N) is 1. The second kappa shape index (κ2) is 7.20. The van der Waals surface area contributed by atoms with Crippen molar-refractivity contribution in [2.24, 2.45) is 5.92 Å². The van der Waals surface area contributed by atoms with E-state index in [4.69, 9.17) is 16.3 Å². The maximum Gasteiger partial charge on any atom is 0.387 e. The van der Waals surface area contributed by atoms with Gasteiger partial charge in [0.05, 0.1) is 6.10 Å². The van der Waals surface area contributed by atoms with Crippen LogP contribution in [0.3, 0.4) is 0 Å². The molecule has 20 heavy (non-hydrogen) atoms. The lowest BCUT2D eigenvalue weighted by Gasteiger charge is -2.16. The van der Waals surface area contributed by atoms with E-state index in [2.05, 4.69) is 10.1 Å². The summed E-state index contributed by atoms with van der Waals surface area (Å²) in [6, 6.07) is 4.64. The molecule has 0 amide bonds. The van der Waals surface area contributed by atoms with Gasteiger partial charge in [-0.1, -0.05) is 11.6 Å². The molecule has 1 N–H and O–H groups in total. The molecule has 1 aliphatic rings. The van der Waals surface area contributed by atoms with E-state index < -0.39 is 6.61 Å². The molecule has 112 valence electrons. The Bertz CT molecular complexity index is 445. The molecule has 0 radical (unpaired) electrons. The molecule has 1 heterocycles. The van der Waals surface area contributed by atoms with Crippen LogP contribution in [0.2, 0.25) is 5.02 Å². The lowest BCUT2D eigenvalue weighted by Crippen LogP contribution is -2.26. The second-order valence-corrected chi connectivity index (χ2v) is 5.32. The highest BCUT2D eigenvalue weighted by atomic mass is 35.5. The molecule has 1 fully saturated rings. The van der Waals surface area contributed by atoms with Crippen LogP contribution < -0.4 is 10.1 Å². The summed E-state index contributed by atoms with van der Waals surface area (Å²) in [5.41, 5.74) is 0.629. The van der Waals surface area contributed by atoms with Crippen LogP contribution in [0, 0.1) is 5.92 Å². The Balaban J connectivity index is 1.92. The Morgan fingerprint density at radius 1 is 1.50 bits per heavy atom. The van der Waals surface area contributed by atoms with Gasteiger partial charge in [-0.05, 0) is 37.5 Å². The zero-order valence-corrected chi connectivity index (χ0v) is 12.0. The predicted molar refractivity (Wildman–Crippen MR) is 73.3 cm³/mol. The first-order chi connectivity index (χ1) is 9.56. The van der Waals surface area contributed by atoms with E-state index in [1.54, 1.807) is 6.07 Å². The van der Waals surface area contributed by atoms with Crippen LogP contribution in [-0.4, -0.2) is 25.9 Å². The number of benzene rings is 1. The molecule has 6 heteroatoms. The monoisotopic (exact) mass is 305 g/mol. The molecule has 2 unspecified atom stereocenters. The normalized spacial score (nSPS) is 22.4. The molecular weight excluding hydrogens is 288 g/mol. The number of hydrogen-bond acceptors (Lipinski definition) is 3. The fraction of sp³-hybridized carbons (Fsp3) is 0.571. The largest absolute Gasteiger partial charge is 0.434 e. The van der Waals surface area contributed by atoms with Crippen LogP contribution in [0.1, 0.15) is 18.9 Å². The SMILES string of the molecule is CC1OCCC1CNCc1cc(Cl)ccc1OC(F)F. The Morgan fingerprint density at radius 3 is 2.95 bits per heavy atom. The molecule has 2 rings (SSSR count). The van der Waals surface area contributed by atoms with E-state index >= 15 is 0 Å². The average Bonchev–Trinajstić information content (AvgIpc) is 2.78. The van der Waals surface area contributed by atoms with Gasteiger partial charge in [0.2, 0.25) is 0 Å².